The third kappa shape index (κ3) is 4.64. The van der Waals surface area contributed by atoms with Crippen molar-refractivity contribution in [1.29, 1.82) is 0 Å². The van der Waals surface area contributed by atoms with Gasteiger partial charge < -0.3 is 8.98 Å². The Hall–Kier alpha value is -7.24. The minimum atomic E-state index is 0.605. The number of aromatic nitrogens is 4. The molecule has 0 bridgehead atoms. The van der Waals surface area contributed by atoms with Gasteiger partial charge in [-0.05, 0) is 76.9 Å². The van der Waals surface area contributed by atoms with Crippen LogP contribution in [0, 0.1) is 0 Å². The maximum atomic E-state index is 6.01. The lowest BCUT2D eigenvalue weighted by Crippen LogP contribution is -2.02. The average molecular weight is 679 g/mol. The van der Waals surface area contributed by atoms with E-state index in [0.717, 1.165) is 61.0 Å². The van der Waals surface area contributed by atoms with Crippen molar-refractivity contribution in [3.63, 3.8) is 0 Å². The number of benzene rings is 7. The van der Waals surface area contributed by atoms with Crippen LogP contribution in [0.4, 0.5) is 0 Å². The topological polar surface area (TPSA) is 48.8 Å². The van der Waals surface area contributed by atoms with Gasteiger partial charge in [-0.25, -0.2) is 9.97 Å². The highest BCUT2D eigenvalue weighted by molar-refractivity contribution is 6.12. The zero-order valence-electron chi connectivity index (χ0n) is 28.5. The zero-order valence-corrected chi connectivity index (χ0v) is 28.5. The summed E-state index contributed by atoms with van der Waals surface area (Å²) in [5.41, 5.74) is 13.4. The van der Waals surface area contributed by atoms with E-state index in [4.69, 9.17) is 14.4 Å². The van der Waals surface area contributed by atoms with Crippen molar-refractivity contribution < 1.29 is 4.42 Å². The molecule has 0 fully saturated rings. The molecule has 11 aromatic rings. The van der Waals surface area contributed by atoms with E-state index in [1.807, 2.05) is 12.1 Å². The molecule has 0 spiro atoms. The van der Waals surface area contributed by atoms with Crippen LogP contribution in [0.2, 0.25) is 0 Å². The Morgan fingerprint density at radius 3 is 1.64 bits per heavy atom. The Morgan fingerprint density at radius 2 is 0.925 bits per heavy atom. The number of furan rings is 1. The summed E-state index contributed by atoms with van der Waals surface area (Å²) in [6.07, 6.45) is 1.69. The quantitative estimate of drug-likeness (QED) is 0.182. The molecule has 53 heavy (non-hydrogen) atoms. The standard InChI is InChI=1S/C48H30N4O/c1-3-12-31(13-4-1)32-14-11-15-35(28-32)46-47-41(26-27-53-47)49-48(50-46)52-43-21-10-8-19-38(43)40-30-34(23-25-45(40)52)33-22-24-44-39(29-33)37-18-7-9-20-42(37)51(44)36-16-5-2-6-17-36/h1-30H. The third-order valence-electron chi connectivity index (χ3n) is 10.4. The summed E-state index contributed by atoms with van der Waals surface area (Å²) in [7, 11) is 0. The van der Waals surface area contributed by atoms with Gasteiger partial charge in [0.15, 0.2) is 5.58 Å². The summed E-state index contributed by atoms with van der Waals surface area (Å²) in [5, 5.41) is 4.76. The van der Waals surface area contributed by atoms with E-state index in [1.54, 1.807) is 6.26 Å². The Bertz CT molecular complexity index is 3170. The fraction of sp³-hybridized carbons (Fsp3) is 0. The van der Waals surface area contributed by atoms with Gasteiger partial charge in [-0.15, -0.1) is 0 Å². The fourth-order valence-corrected chi connectivity index (χ4v) is 8.00. The molecule has 0 aliphatic carbocycles. The van der Waals surface area contributed by atoms with Crippen molar-refractivity contribution in [2.24, 2.45) is 0 Å². The first kappa shape index (κ1) is 29.5. The van der Waals surface area contributed by atoms with Crippen LogP contribution in [0.3, 0.4) is 0 Å². The molecule has 0 radical (unpaired) electrons. The second kappa shape index (κ2) is 11.7. The summed E-state index contributed by atoms with van der Waals surface area (Å²) < 4.78 is 10.5. The molecule has 0 aliphatic heterocycles. The predicted octanol–water partition coefficient (Wildman–Crippen LogP) is 12.4. The van der Waals surface area contributed by atoms with E-state index in [1.165, 1.54) is 27.4 Å². The number of para-hydroxylation sites is 3. The maximum Gasteiger partial charge on any atom is 0.236 e. The number of fused-ring (bicyclic) bond motifs is 7. The van der Waals surface area contributed by atoms with Crippen molar-refractivity contribution in [3.05, 3.63) is 182 Å². The van der Waals surface area contributed by atoms with E-state index in [0.29, 0.717) is 11.5 Å². The van der Waals surface area contributed by atoms with Gasteiger partial charge in [-0.1, -0.05) is 115 Å². The summed E-state index contributed by atoms with van der Waals surface area (Å²) in [5.74, 6) is 0.605. The largest absolute Gasteiger partial charge is 0.460 e. The number of hydrogen-bond donors (Lipinski definition) is 0. The zero-order chi connectivity index (χ0) is 34.9. The molecule has 5 nitrogen and oxygen atoms in total. The van der Waals surface area contributed by atoms with Crippen molar-refractivity contribution >= 4 is 54.7 Å². The van der Waals surface area contributed by atoms with Gasteiger partial charge in [0, 0.05) is 38.9 Å². The maximum absolute atomic E-state index is 6.01. The van der Waals surface area contributed by atoms with Crippen molar-refractivity contribution in [3.8, 4) is 45.1 Å². The van der Waals surface area contributed by atoms with Crippen LogP contribution in [0.15, 0.2) is 187 Å². The molecule has 0 N–H and O–H groups in total. The molecule has 0 unspecified atom stereocenters. The van der Waals surface area contributed by atoms with Crippen LogP contribution in [0.5, 0.6) is 0 Å². The molecule has 0 aliphatic rings. The van der Waals surface area contributed by atoms with Gasteiger partial charge in [0.1, 0.15) is 11.2 Å². The van der Waals surface area contributed by atoms with Gasteiger partial charge in [-0.3, -0.25) is 4.57 Å². The highest BCUT2D eigenvalue weighted by atomic mass is 16.3. The van der Waals surface area contributed by atoms with E-state index < -0.39 is 0 Å². The molecule has 0 saturated heterocycles. The van der Waals surface area contributed by atoms with Crippen LogP contribution in [-0.2, 0) is 0 Å². The van der Waals surface area contributed by atoms with E-state index >= 15 is 0 Å². The van der Waals surface area contributed by atoms with Gasteiger partial charge >= 0.3 is 0 Å². The molecule has 4 aromatic heterocycles. The highest BCUT2D eigenvalue weighted by Crippen LogP contribution is 2.39. The number of hydrogen-bond acceptors (Lipinski definition) is 3. The first-order valence-corrected chi connectivity index (χ1v) is 17.8. The third-order valence-corrected chi connectivity index (χ3v) is 10.4. The van der Waals surface area contributed by atoms with Crippen LogP contribution >= 0.6 is 0 Å². The molecule has 0 atom stereocenters. The fourth-order valence-electron chi connectivity index (χ4n) is 8.00. The van der Waals surface area contributed by atoms with E-state index in [9.17, 15) is 0 Å². The summed E-state index contributed by atoms with van der Waals surface area (Å²) in [4.78, 5) is 10.3. The lowest BCUT2D eigenvalue weighted by Gasteiger charge is -2.11. The Kier molecular flexibility index (Phi) is 6.48. The second-order valence-electron chi connectivity index (χ2n) is 13.5. The lowest BCUT2D eigenvalue weighted by molar-refractivity contribution is 0.614. The smallest absolute Gasteiger partial charge is 0.236 e. The van der Waals surface area contributed by atoms with Crippen molar-refractivity contribution in [2.45, 2.75) is 0 Å². The normalized spacial score (nSPS) is 11.8. The molecular weight excluding hydrogens is 649 g/mol. The van der Waals surface area contributed by atoms with E-state index in [-0.39, 0.29) is 0 Å². The first-order valence-electron chi connectivity index (χ1n) is 17.8. The Balaban J connectivity index is 1.08. The molecule has 7 aromatic carbocycles. The highest BCUT2D eigenvalue weighted by Gasteiger charge is 2.20. The molecule has 4 heterocycles. The van der Waals surface area contributed by atoms with Gasteiger partial charge in [0.05, 0.1) is 28.3 Å². The minimum absolute atomic E-state index is 0.605. The SMILES string of the molecule is c1ccc(-c2cccc(-c3nc(-n4c5ccccc5c5cc(-c6ccc7c(c6)c6ccccc6n7-c6ccccc6)ccc54)nc4ccoc34)c2)cc1. The van der Waals surface area contributed by atoms with Crippen LogP contribution in [-0.4, -0.2) is 19.1 Å². The van der Waals surface area contributed by atoms with Crippen LogP contribution < -0.4 is 0 Å². The van der Waals surface area contributed by atoms with Crippen molar-refractivity contribution in [1.82, 2.24) is 19.1 Å². The van der Waals surface area contributed by atoms with Crippen molar-refractivity contribution in [2.75, 3.05) is 0 Å². The molecule has 0 amide bonds. The molecule has 5 heteroatoms. The lowest BCUT2D eigenvalue weighted by atomic mass is 10.0. The Labute approximate surface area is 304 Å². The summed E-state index contributed by atoms with van der Waals surface area (Å²) in [6, 6.07) is 62.2. The van der Waals surface area contributed by atoms with Gasteiger partial charge in [-0.2, -0.15) is 0 Å². The van der Waals surface area contributed by atoms with Crippen LogP contribution in [0.25, 0.3) is 99.9 Å². The molecule has 11 rings (SSSR count). The van der Waals surface area contributed by atoms with Gasteiger partial charge in [0.2, 0.25) is 5.95 Å². The predicted molar refractivity (Wildman–Crippen MR) is 217 cm³/mol. The molecule has 248 valence electrons. The summed E-state index contributed by atoms with van der Waals surface area (Å²) >= 11 is 0. The monoisotopic (exact) mass is 678 g/mol. The Morgan fingerprint density at radius 1 is 0.377 bits per heavy atom. The summed E-state index contributed by atoms with van der Waals surface area (Å²) in [6.45, 7) is 0. The molecule has 0 saturated carbocycles. The number of nitrogens with zero attached hydrogens (tertiary/aromatic N) is 4. The number of rotatable bonds is 5. The first-order chi connectivity index (χ1) is 26.3. The minimum Gasteiger partial charge on any atom is -0.460 e. The van der Waals surface area contributed by atoms with Gasteiger partial charge in [0.25, 0.3) is 0 Å². The second-order valence-corrected chi connectivity index (χ2v) is 13.5. The average Bonchev–Trinajstić information content (AvgIpc) is 3.93. The van der Waals surface area contributed by atoms with Crippen LogP contribution in [0.1, 0.15) is 0 Å². The molecular formula is C48H30N4O. The van der Waals surface area contributed by atoms with E-state index in [2.05, 4.69) is 173 Å².